The quantitative estimate of drug-likeness (QED) is 0.421. The van der Waals surface area contributed by atoms with Crippen molar-refractivity contribution in [2.45, 2.75) is 0 Å². The van der Waals surface area contributed by atoms with Crippen molar-refractivity contribution >= 4 is 44.4 Å². The van der Waals surface area contributed by atoms with Gasteiger partial charge in [0.25, 0.3) is 0 Å². The molecule has 2 aromatic carbocycles. The van der Waals surface area contributed by atoms with Crippen molar-refractivity contribution in [1.82, 2.24) is 4.98 Å². The molecule has 0 aliphatic rings. The number of nitrogens with zero attached hydrogens (tertiary/aromatic N) is 1. The highest BCUT2D eigenvalue weighted by molar-refractivity contribution is 6.29. The Morgan fingerprint density at radius 1 is 0.889 bits per heavy atom. The average Bonchev–Trinajstić information content (AvgIpc) is 2.73. The fraction of sp³-hybridized carbons (Fsp3) is 0. The minimum atomic E-state index is 0.498. The van der Waals surface area contributed by atoms with Gasteiger partial charge < -0.3 is 4.42 Å². The zero-order chi connectivity index (χ0) is 12.1. The first kappa shape index (κ1) is 9.92. The number of benzene rings is 2. The van der Waals surface area contributed by atoms with Gasteiger partial charge in [-0.2, -0.15) is 0 Å². The standard InChI is InChI=1S/C15H8ClNO/c16-15-6-5-9-7-11-10-3-1-2-4-13(10)18-14(11)8-12(9)17-15/h1-8H. The van der Waals surface area contributed by atoms with Gasteiger partial charge in [0.1, 0.15) is 16.3 Å². The van der Waals surface area contributed by atoms with Crippen LogP contribution in [0.15, 0.2) is 52.9 Å². The monoisotopic (exact) mass is 253 g/mol. The van der Waals surface area contributed by atoms with Gasteiger partial charge in [-0.15, -0.1) is 0 Å². The number of halogens is 1. The van der Waals surface area contributed by atoms with E-state index in [1.165, 1.54) is 0 Å². The van der Waals surface area contributed by atoms with Gasteiger partial charge >= 0.3 is 0 Å². The summed E-state index contributed by atoms with van der Waals surface area (Å²) in [6, 6.07) is 15.8. The van der Waals surface area contributed by atoms with Crippen LogP contribution in [0, 0.1) is 0 Å². The molecule has 0 unspecified atom stereocenters. The molecule has 0 amide bonds. The minimum Gasteiger partial charge on any atom is -0.456 e. The molecule has 86 valence electrons. The molecule has 2 nitrogen and oxygen atoms in total. The second-order valence-electron chi connectivity index (χ2n) is 4.27. The Hall–Kier alpha value is -2.06. The molecule has 3 heteroatoms. The van der Waals surface area contributed by atoms with Gasteiger partial charge in [0.05, 0.1) is 5.52 Å². The number of aromatic nitrogens is 1. The van der Waals surface area contributed by atoms with Crippen LogP contribution in [0.25, 0.3) is 32.8 Å². The molecule has 4 rings (SSSR count). The lowest BCUT2D eigenvalue weighted by atomic mass is 10.1. The van der Waals surface area contributed by atoms with Crippen LogP contribution < -0.4 is 0 Å². The molecule has 0 spiro atoms. The number of pyridine rings is 1. The number of para-hydroxylation sites is 1. The summed E-state index contributed by atoms with van der Waals surface area (Å²) < 4.78 is 5.82. The second kappa shape index (κ2) is 3.47. The van der Waals surface area contributed by atoms with Gasteiger partial charge in [0, 0.05) is 22.2 Å². The van der Waals surface area contributed by atoms with Gasteiger partial charge in [-0.3, -0.25) is 0 Å². The summed E-state index contributed by atoms with van der Waals surface area (Å²) >= 11 is 5.91. The van der Waals surface area contributed by atoms with Crippen LogP contribution in [0.4, 0.5) is 0 Å². The maximum absolute atomic E-state index is 5.91. The largest absolute Gasteiger partial charge is 0.456 e. The summed E-state index contributed by atoms with van der Waals surface area (Å²) in [5, 5.41) is 3.81. The molecule has 0 atom stereocenters. The van der Waals surface area contributed by atoms with E-state index in [1.807, 2.05) is 30.3 Å². The fourth-order valence-corrected chi connectivity index (χ4v) is 2.47. The summed E-state index contributed by atoms with van der Waals surface area (Å²) in [4.78, 5) is 4.30. The van der Waals surface area contributed by atoms with E-state index in [4.69, 9.17) is 16.0 Å². The summed E-state index contributed by atoms with van der Waals surface area (Å²) in [5.41, 5.74) is 2.60. The van der Waals surface area contributed by atoms with Crippen molar-refractivity contribution in [3.05, 3.63) is 53.7 Å². The third-order valence-corrected chi connectivity index (χ3v) is 3.36. The van der Waals surface area contributed by atoms with Gasteiger partial charge in [0.2, 0.25) is 0 Å². The molecule has 2 heterocycles. The maximum Gasteiger partial charge on any atom is 0.137 e. The molecule has 0 radical (unpaired) electrons. The van der Waals surface area contributed by atoms with Crippen LogP contribution in [0.2, 0.25) is 5.15 Å². The fourth-order valence-electron chi connectivity index (χ4n) is 2.32. The lowest BCUT2D eigenvalue weighted by Crippen LogP contribution is -1.79. The van der Waals surface area contributed by atoms with Crippen molar-refractivity contribution in [2.75, 3.05) is 0 Å². The normalized spacial score (nSPS) is 11.6. The molecular formula is C15H8ClNO. The zero-order valence-electron chi connectivity index (χ0n) is 9.35. The summed E-state index contributed by atoms with van der Waals surface area (Å²) in [5.74, 6) is 0. The van der Waals surface area contributed by atoms with Crippen molar-refractivity contribution < 1.29 is 4.42 Å². The van der Waals surface area contributed by atoms with E-state index < -0.39 is 0 Å². The number of rotatable bonds is 0. The van der Waals surface area contributed by atoms with Crippen molar-refractivity contribution in [2.24, 2.45) is 0 Å². The predicted molar refractivity (Wildman–Crippen MR) is 74.0 cm³/mol. The molecule has 0 N–H and O–H groups in total. The van der Waals surface area contributed by atoms with E-state index in [1.54, 1.807) is 6.07 Å². The van der Waals surface area contributed by atoms with Crippen LogP contribution in [-0.4, -0.2) is 4.98 Å². The van der Waals surface area contributed by atoms with E-state index in [9.17, 15) is 0 Å². The predicted octanol–water partition coefficient (Wildman–Crippen LogP) is 4.79. The Labute approximate surface area is 108 Å². The van der Waals surface area contributed by atoms with Crippen molar-refractivity contribution in [1.29, 1.82) is 0 Å². The lowest BCUT2D eigenvalue weighted by Gasteiger charge is -1.97. The molecule has 4 aromatic rings. The molecular weight excluding hydrogens is 246 g/mol. The number of hydrogen-bond donors (Lipinski definition) is 0. The van der Waals surface area contributed by atoms with Crippen LogP contribution >= 0.6 is 11.6 Å². The highest BCUT2D eigenvalue weighted by atomic mass is 35.5. The van der Waals surface area contributed by atoms with Crippen LogP contribution in [-0.2, 0) is 0 Å². The van der Waals surface area contributed by atoms with E-state index in [0.717, 1.165) is 32.8 Å². The molecule has 2 aromatic heterocycles. The van der Waals surface area contributed by atoms with E-state index >= 15 is 0 Å². The van der Waals surface area contributed by atoms with E-state index in [0.29, 0.717) is 5.15 Å². The molecule has 0 saturated carbocycles. The smallest absolute Gasteiger partial charge is 0.137 e. The van der Waals surface area contributed by atoms with Crippen molar-refractivity contribution in [3.8, 4) is 0 Å². The Morgan fingerprint density at radius 2 is 1.78 bits per heavy atom. The van der Waals surface area contributed by atoms with Crippen LogP contribution in [0.3, 0.4) is 0 Å². The molecule has 0 fully saturated rings. The Morgan fingerprint density at radius 3 is 2.72 bits per heavy atom. The summed E-state index contributed by atoms with van der Waals surface area (Å²) in [7, 11) is 0. The summed E-state index contributed by atoms with van der Waals surface area (Å²) in [6.07, 6.45) is 0. The Kier molecular flexibility index (Phi) is 1.91. The van der Waals surface area contributed by atoms with Gasteiger partial charge in [0.15, 0.2) is 0 Å². The highest BCUT2D eigenvalue weighted by Gasteiger charge is 2.08. The molecule has 0 aliphatic heterocycles. The van der Waals surface area contributed by atoms with Gasteiger partial charge in [-0.25, -0.2) is 4.98 Å². The number of fused-ring (bicyclic) bond motifs is 4. The van der Waals surface area contributed by atoms with Crippen LogP contribution in [0.5, 0.6) is 0 Å². The third-order valence-electron chi connectivity index (χ3n) is 3.15. The van der Waals surface area contributed by atoms with Gasteiger partial charge in [-0.05, 0) is 24.3 Å². The van der Waals surface area contributed by atoms with Crippen LogP contribution in [0.1, 0.15) is 0 Å². The van der Waals surface area contributed by atoms with Crippen molar-refractivity contribution in [3.63, 3.8) is 0 Å². The first-order valence-electron chi connectivity index (χ1n) is 5.69. The van der Waals surface area contributed by atoms with Gasteiger partial charge in [-0.1, -0.05) is 29.8 Å². The SMILES string of the molecule is Clc1ccc2cc3c(cc2n1)oc1ccccc13. The zero-order valence-corrected chi connectivity index (χ0v) is 10.1. The maximum atomic E-state index is 5.91. The average molecular weight is 254 g/mol. The Balaban J connectivity index is 2.23. The minimum absolute atomic E-state index is 0.498. The molecule has 0 aliphatic carbocycles. The number of furan rings is 1. The third kappa shape index (κ3) is 1.33. The summed E-state index contributed by atoms with van der Waals surface area (Å²) in [6.45, 7) is 0. The second-order valence-corrected chi connectivity index (χ2v) is 4.66. The topological polar surface area (TPSA) is 26.0 Å². The number of hydrogen-bond acceptors (Lipinski definition) is 2. The molecule has 18 heavy (non-hydrogen) atoms. The van der Waals surface area contributed by atoms with E-state index in [-0.39, 0.29) is 0 Å². The first-order valence-corrected chi connectivity index (χ1v) is 6.07. The van der Waals surface area contributed by atoms with E-state index in [2.05, 4.69) is 17.1 Å². The lowest BCUT2D eigenvalue weighted by molar-refractivity contribution is 0.669. The first-order chi connectivity index (χ1) is 8.81. The molecule has 0 bridgehead atoms. The molecule has 0 saturated heterocycles. The Bertz CT molecular complexity index is 895. The highest BCUT2D eigenvalue weighted by Crippen LogP contribution is 2.31.